The first-order chi connectivity index (χ1) is 13.7. The molecule has 1 saturated heterocycles. The molecule has 1 aromatic rings. The van der Waals surface area contributed by atoms with Gasteiger partial charge in [-0.1, -0.05) is 26.0 Å². The van der Waals surface area contributed by atoms with Crippen molar-refractivity contribution >= 4 is 17.8 Å². The molecule has 1 aromatic carbocycles. The van der Waals surface area contributed by atoms with Gasteiger partial charge in [-0.25, -0.2) is 5.43 Å². The number of benzene rings is 1. The number of amides is 2. The van der Waals surface area contributed by atoms with Crippen molar-refractivity contribution < 1.29 is 24.6 Å². The molecule has 2 rings (SSSR count). The molecule has 1 fully saturated rings. The number of nitrogens with zero attached hydrogens (tertiary/aromatic N) is 1. The minimum Gasteiger partial charge on any atom is -0.508 e. The maximum absolute atomic E-state index is 13.1. The molecule has 3 unspecified atom stereocenters. The van der Waals surface area contributed by atoms with E-state index in [1.165, 1.54) is 17.1 Å². The van der Waals surface area contributed by atoms with E-state index in [0.717, 1.165) is 0 Å². The van der Waals surface area contributed by atoms with E-state index in [1.54, 1.807) is 19.2 Å². The van der Waals surface area contributed by atoms with E-state index in [9.17, 15) is 24.6 Å². The summed E-state index contributed by atoms with van der Waals surface area (Å²) in [4.78, 5) is 37.2. The van der Waals surface area contributed by atoms with E-state index in [4.69, 9.17) is 0 Å². The average Bonchev–Trinajstić information content (AvgIpc) is 2.67. The Hall–Kier alpha value is -2.65. The molecule has 0 bridgehead atoms. The van der Waals surface area contributed by atoms with Crippen LogP contribution in [0.4, 0.5) is 0 Å². The van der Waals surface area contributed by atoms with Crippen LogP contribution in [0.3, 0.4) is 0 Å². The van der Waals surface area contributed by atoms with Crippen molar-refractivity contribution in [3.63, 3.8) is 0 Å². The normalized spacial score (nSPS) is 18.9. The zero-order valence-electron chi connectivity index (χ0n) is 17.0. The van der Waals surface area contributed by atoms with Crippen LogP contribution in [0.25, 0.3) is 0 Å². The second-order valence-electron chi connectivity index (χ2n) is 7.60. The molecule has 5 N–H and O–H groups in total. The van der Waals surface area contributed by atoms with Crippen LogP contribution in [0.2, 0.25) is 0 Å². The number of carbonyl (C=O) groups is 3. The first-order valence-electron chi connectivity index (χ1n) is 9.78. The van der Waals surface area contributed by atoms with Gasteiger partial charge in [0.2, 0.25) is 5.91 Å². The second kappa shape index (κ2) is 10.2. The molecule has 1 aliphatic rings. The average molecular weight is 406 g/mol. The van der Waals surface area contributed by atoms with E-state index in [1.807, 2.05) is 13.8 Å². The van der Waals surface area contributed by atoms with Gasteiger partial charge in [0.25, 0.3) is 5.91 Å². The standard InChI is InChI=1S/C20H30N4O5/c1-12(2)17(21-3)18(26)22-16(11-13-6-4-7-14(25)10-13)19(27)24-9-5-8-15(23-24)20(28)29/h4,6-7,10,12,15-17,21,23,25H,5,8-9,11H2,1-3H3,(H,22,26)(H,28,29). The number of hydrogen-bond donors (Lipinski definition) is 5. The second-order valence-corrected chi connectivity index (χ2v) is 7.60. The number of carbonyl (C=O) groups excluding carboxylic acids is 2. The topological polar surface area (TPSA) is 131 Å². The lowest BCUT2D eigenvalue weighted by Crippen LogP contribution is -2.61. The number of phenols is 1. The first-order valence-corrected chi connectivity index (χ1v) is 9.78. The van der Waals surface area contributed by atoms with Crippen molar-refractivity contribution in [1.29, 1.82) is 0 Å². The van der Waals surface area contributed by atoms with E-state index in [0.29, 0.717) is 24.9 Å². The van der Waals surface area contributed by atoms with Gasteiger partial charge in [0.15, 0.2) is 0 Å². The third-order valence-corrected chi connectivity index (χ3v) is 4.98. The van der Waals surface area contributed by atoms with Gasteiger partial charge in [-0.15, -0.1) is 0 Å². The van der Waals surface area contributed by atoms with Crippen molar-refractivity contribution in [2.45, 2.75) is 51.2 Å². The number of likely N-dealkylation sites (N-methyl/N-ethyl adjacent to an activating group) is 1. The molecule has 0 spiro atoms. The fourth-order valence-electron chi connectivity index (χ4n) is 3.46. The minimum atomic E-state index is -1.02. The number of hydrogen-bond acceptors (Lipinski definition) is 6. The summed E-state index contributed by atoms with van der Waals surface area (Å²) in [5, 5.41) is 26.0. The number of nitrogens with one attached hydrogen (secondary N) is 3. The number of phenolic OH excluding ortho intramolecular Hbond substituents is 1. The number of hydrazine groups is 1. The summed E-state index contributed by atoms with van der Waals surface area (Å²) in [5.74, 6) is -1.66. The largest absolute Gasteiger partial charge is 0.508 e. The fourth-order valence-corrected chi connectivity index (χ4v) is 3.46. The number of carboxylic acids is 1. The third-order valence-electron chi connectivity index (χ3n) is 4.98. The van der Waals surface area contributed by atoms with Gasteiger partial charge in [-0.05, 0) is 43.5 Å². The number of rotatable bonds is 8. The van der Waals surface area contributed by atoms with E-state index in [2.05, 4.69) is 16.1 Å². The van der Waals surface area contributed by atoms with Gasteiger partial charge in [0.05, 0.1) is 6.04 Å². The SMILES string of the molecule is CNC(C(=O)NC(Cc1cccc(O)c1)C(=O)N1CCCC(C(=O)O)N1)C(C)C. The monoisotopic (exact) mass is 406 g/mol. The van der Waals surface area contributed by atoms with Crippen LogP contribution in [-0.2, 0) is 20.8 Å². The molecule has 0 aromatic heterocycles. The Balaban J connectivity index is 2.22. The van der Waals surface area contributed by atoms with E-state index in [-0.39, 0.29) is 24.0 Å². The molecule has 0 saturated carbocycles. The number of aromatic hydroxyl groups is 1. The highest BCUT2D eigenvalue weighted by molar-refractivity contribution is 5.90. The molecule has 1 heterocycles. The van der Waals surface area contributed by atoms with Crippen molar-refractivity contribution in [1.82, 2.24) is 21.1 Å². The molecule has 0 radical (unpaired) electrons. The van der Waals surface area contributed by atoms with Crippen molar-refractivity contribution in [2.75, 3.05) is 13.6 Å². The first kappa shape index (κ1) is 22.6. The Labute approximate surface area is 170 Å². The molecule has 9 nitrogen and oxygen atoms in total. The lowest BCUT2D eigenvalue weighted by Gasteiger charge is -2.35. The third kappa shape index (κ3) is 6.16. The number of aliphatic carboxylic acids is 1. The highest BCUT2D eigenvalue weighted by Crippen LogP contribution is 2.15. The molecule has 29 heavy (non-hydrogen) atoms. The van der Waals surface area contributed by atoms with Gasteiger partial charge < -0.3 is 20.8 Å². The van der Waals surface area contributed by atoms with Crippen molar-refractivity contribution in [3.8, 4) is 5.75 Å². The summed E-state index contributed by atoms with van der Waals surface area (Å²) in [6, 6.07) is 4.26. The van der Waals surface area contributed by atoms with Crippen molar-refractivity contribution in [2.24, 2.45) is 5.92 Å². The fraction of sp³-hybridized carbons (Fsp3) is 0.550. The molecular formula is C20H30N4O5. The van der Waals surface area contributed by atoms with E-state index >= 15 is 0 Å². The quantitative estimate of drug-likeness (QED) is 0.418. The molecule has 1 aliphatic heterocycles. The summed E-state index contributed by atoms with van der Waals surface area (Å²) in [6.07, 6.45) is 1.15. The molecular weight excluding hydrogens is 376 g/mol. The van der Waals surface area contributed by atoms with Crippen LogP contribution >= 0.6 is 0 Å². The predicted octanol–water partition coefficient (Wildman–Crippen LogP) is 0.244. The molecule has 0 aliphatic carbocycles. The highest BCUT2D eigenvalue weighted by atomic mass is 16.4. The summed E-state index contributed by atoms with van der Waals surface area (Å²) in [7, 11) is 1.68. The van der Waals surface area contributed by atoms with Gasteiger partial charge in [0, 0.05) is 13.0 Å². The van der Waals surface area contributed by atoms with Crippen LogP contribution in [0, 0.1) is 5.92 Å². The summed E-state index contributed by atoms with van der Waals surface area (Å²) in [5.41, 5.74) is 3.42. The maximum Gasteiger partial charge on any atom is 0.322 e. The van der Waals surface area contributed by atoms with Crippen LogP contribution in [0.15, 0.2) is 24.3 Å². The van der Waals surface area contributed by atoms with Gasteiger partial charge in [0.1, 0.15) is 17.8 Å². The van der Waals surface area contributed by atoms with Gasteiger partial charge >= 0.3 is 5.97 Å². The van der Waals surface area contributed by atoms with Crippen LogP contribution in [0.1, 0.15) is 32.3 Å². The van der Waals surface area contributed by atoms with Crippen LogP contribution in [-0.4, -0.2) is 64.7 Å². The van der Waals surface area contributed by atoms with Gasteiger partial charge in [-0.2, -0.15) is 0 Å². The highest BCUT2D eigenvalue weighted by Gasteiger charge is 2.33. The lowest BCUT2D eigenvalue weighted by molar-refractivity contribution is -0.148. The Morgan fingerprint density at radius 2 is 2.03 bits per heavy atom. The molecule has 160 valence electrons. The lowest BCUT2D eigenvalue weighted by atomic mass is 10.0. The summed E-state index contributed by atoms with van der Waals surface area (Å²) < 4.78 is 0. The maximum atomic E-state index is 13.1. The summed E-state index contributed by atoms with van der Waals surface area (Å²) in [6.45, 7) is 4.15. The molecule has 3 atom stereocenters. The Kier molecular flexibility index (Phi) is 7.98. The Morgan fingerprint density at radius 1 is 1.31 bits per heavy atom. The zero-order valence-corrected chi connectivity index (χ0v) is 17.0. The van der Waals surface area contributed by atoms with Crippen molar-refractivity contribution in [3.05, 3.63) is 29.8 Å². The zero-order chi connectivity index (χ0) is 21.6. The number of carboxylic acid groups (broad SMARTS) is 1. The molecule has 9 heteroatoms. The Bertz CT molecular complexity index is 739. The van der Waals surface area contributed by atoms with Crippen LogP contribution in [0.5, 0.6) is 5.75 Å². The van der Waals surface area contributed by atoms with Crippen LogP contribution < -0.4 is 16.1 Å². The minimum absolute atomic E-state index is 0.0148. The Morgan fingerprint density at radius 3 is 2.62 bits per heavy atom. The predicted molar refractivity (Wildman–Crippen MR) is 107 cm³/mol. The van der Waals surface area contributed by atoms with Gasteiger partial charge in [-0.3, -0.25) is 19.4 Å². The van der Waals surface area contributed by atoms with E-state index < -0.39 is 30.0 Å². The molecule has 2 amide bonds. The summed E-state index contributed by atoms with van der Waals surface area (Å²) >= 11 is 0. The smallest absolute Gasteiger partial charge is 0.322 e.